The van der Waals surface area contributed by atoms with Crippen LogP contribution < -0.4 is 20.4 Å². The number of carbonyl (C=O) groups excluding carboxylic acids is 2. The molecule has 0 spiro atoms. The number of unbranched alkanes of at least 4 members (excludes halogenated alkanes) is 2. The molecule has 7 rings (SSSR count). The molecular formula is C61H84Cl3NO15Si2. The van der Waals surface area contributed by atoms with E-state index in [0.717, 1.165) is 21.5 Å². The molecule has 0 aromatic heterocycles. The molecule has 21 heteroatoms. The van der Waals surface area contributed by atoms with Crippen molar-refractivity contribution in [2.45, 2.75) is 175 Å². The molecule has 16 nitrogen and oxygen atoms in total. The van der Waals surface area contributed by atoms with Crippen molar-refractivity contribution in [1.82, 2.24) is 5.32 Å². The van der Waals surface area contributed by atoms with E-state index in [1.807, 2.05) is 91.0 Å². The minimum atomic E-state index is -3.25. The molecule has 4 aromatic carbocycles. The molecule has 0 unspecified atom stereocenters. The number of ether oxygens (including phenoxy) is 8. The van der Waals surface area contributed by atoms with E-state index in [9.17, 15) is 19.8 Å². The van der Waals surface area contributed by atoms with E-state index in [0.29, 0.717) is 31.6 Å². The van der Waals surface area contributed by atoms with E-state index in [-0.39, 0.29) is 33.0 Å². The second kappa shape index (κ2) is 28.7. The number of aliphatic hydroxyl groups is 2. The summed E-state index contributed by atoms with van der Waals surface area (Å²) in [5.41, 5.74) is 1.69. The van der Waals surface area contributed by atoms with Crippen LogP contribution in [0.2, 0.25) is 15.1 Å². The van der Waals surface area contributed by atoms with Crippen molar-refractivity contribution >= 4 is 74.1 Å². The third-order valence-electron chi connectivity index (χ3n) is 15.3. The number of methoxy groups -OCH3 is 1. The van der Waals surface area contributed by atoms with Crippen LogP contribution in [0.1, 0.15) is 99.1 Å². The van der Waals surface area contributed by atoms with Gasteiger partial charge in [0.2, 0.25) is 3.79 Å². The molecule has 0 aliphatic carbocycles. The van der Waals surface area contributed by atoms with Gasteiger partial charge >= 0.3 is 20.6 Å². The Morgan fingerprint density at radius 1 is 0.695 bits per heavy atom. The monoisotopic (exact) mass is 1230 g/mol. The number of hydrogen-bond donors (Lipinski definition) is 3. The van der Waals surface area contributed by atoms with Crippen LogP contribution in [-0.4, -0.2) is 138 Å². The molecule has 1 amide bonds. The zero-order valence-corrected chi connectivity index (χ0v) is 53.1. The molecule has 3 fully saturated rings. The SMILES string of the molecule is COc1ccc(CO[C@@H]2[C@@H](O)[C@@H](O[C@H]3[C@H](O)[C@@H](CO[Si](c4ccccc4)(c4ccccc4)C(C)(C)C)O[C@@H](OCCCCCNC(=O)OCc4ccccc4)[C@@H]3CC(=O)OCC(Cl)(Cl)Cl)O[C@@H]3CO[Si](C(C)(C)C)(C(C)(C)C)O[C@H]23)cc1. The number of carbonyl (C=O) groups is 2. The molecule has 0 saturated carbocycles. The van der Waals surface area contributed by atoms with Crippen molar-refractivity contribution in [3.8, 4) is 5.75 Å². The number of esters is 1. The molecule has 3 N–H and O–H groups in total. The fourth-order valence-electron chi connectivity index (χ4n) is 11.5. The van der Waals surface area contributed by atoms with E-state index in [4.69, 9.17) is 86.0 Å². The van der Waals surface area contributed by atoms with Crippen LogP contribution in [0.25, 0.3) is 0 Å². The lowest BCUT2D eigenvalue weighted by atomic mass is 9.87. The summed E-state index contributed by atoms with van der Waals surface area (Å²) in [5, 5.41) is 29.2. The fourth-order valence-corrected chi connectivity index (χ4v) is 21.2. The van der Waals surface area contributed by atoms with Crippen LogP contribution in [0.3, 0.4) is 0 Å². The summed E-state index contributed by atoms with van der Waals surface area (Å²) >= 11 is 18.2. The minimum absolute atomic E-state index is 0.0784. The van der Waals surface area contributed by atoms with Gasteiger partial charge < -0.3 is 66.7 Å². The number of nitrogens with one attached hydrogen (secondary N) is 1. The van der Waals surface area contributed by atoms with Crippen LogP contribution in [-0.2, 0) is 64.4 Å². The maximum atomic E-state index is 14.0. The Bertz CT molecular complexity index is 2550. The Balaban J connectivity index is 1.21. The van der Waals surface area contributed by atoms with Gasteiger partial charge in [0.25, 0.3) is 8.32 Å². The predicted octanol–water partition coefficient (Wildman–Crippen LogP) is 10.2. The van der Waals surface area contributed by atoms with Gasteiger partial charge in [-0.3, -0.25) is 4.79 Å². The van der Waals surface area contributed by atoms with Crippen molar-refractivity contribution in [1.29, 1.82) is 0 Å². The molecule has 10 atom stereocenters. The van der Waals surface area contributed by atoms with Crippen molar-refractivity contribution in [3.63, 3.8) is 0 Å². The van der Waals surface area contributed by atoms with Crippen LogP contribution >= 0.6 is 34.8 Å². The second-order valence-electron chi connectivity index (χ2n) is 24.3. The molecule has 82 heavy (non-hydrogen) atoms. The summed E-state index contributed by atoms with van der Waals surface area (Å²) in [4.78, 5) is 26.5. The molecule has 3 aliphatic heterocycles. The lowest BCUT2D eigenvalue weighted by Crippen LogP contribution is -2.72. The van der Waals surface area contributed by atoms with Gasteiger partial charge in [-0.15, -0.1) is 0 Å². The first-order valence-corrected chi connectivity index (χ1v) is 33.0. The topological polar surface area (TPSA) is 188 Å². The maximum absolute atomic E-state index is 14.0. The Morgan fingerprint density at radius 2 is 1.29 bits per heavy atom. The number of rotatable bonds is 23. The van der Waals surface area contributed by atoms with E-state index < -0.39 is 122 Å². The van der Waals surface area contributed by atoms with Crippen LogP contribution in [0.4, 0.5) is 4.79 Å². The summed E-state index contributed by atoms with van der Waals surface area (Å²) in [6.07, 6.45) is -10.2. The van der Waals surface area contributed by atoms with Gasteiger partial charge in [0, 0.05) is 29.1 Å². The first kappa shape index (κ1) is 65.9. The summed E-state index contributed by atoms with van der Waals surface area (Å²) in [7, 11) is -4.84. The maximum Gasteiger partial charge on any atom is 0.407 e. The van der Waals surface area contributed by atoms with E-state index in [2.05, 4.69) is 91.9 Å². The highest BCUT2D eigenvalue weighted by Gasteiger charge is 2.65. The summed E-state index contributed by atoms with van der Waals surface area (Å²) in [6.45, 7) is 19.1. The molecule has 4 aromatic rings. The zero-order chi connectivity index (χ0) is 59.5. The van der Waals surface area contributed by atoms with Gasteiger partial charge in [-0.2, -0.15) is 0 Å². The van der Waals surface area contributed by atoms with Crippen molar-refractivity contribution in [2.24, 2.45) is 5.92 Å². The third kappa shape index (κ3) is 16.4. The van der Waals surface area contributed by atoms with Crippen molar-refractivity contribution in [2.75, 3.05) is 40.1 Å². The highest BCUT2D eigenvalue weighted by molar-refractivity contribution is 6.99. The average Bonchev–Trinajstić information content (AvgIpc) is 1.41. The number of aliphatic hydroxyl groups excluding tert-OH is 2. The Kier molecular flexibility index (Phi) is 23.0. The Morgan fingerprint density at radius 3 is 1.87 bits per heavy atom. The average molecular weight is 1230 g/mol. The number of benzene rings is 4. The van der Waals surface area contributed by atoms with Gasteiger partial charge in [-0.25, -0.2) is 4.79 Å². The minimum Gasteiger partial charge on any atom is -0.497 e. The number of alkyl carbamates (subject to hydrolysis) is 1. The zero-order valence-electron chi connectivity index (χ0n) is 48.9. The van der Waals surface area contributed by atoms with Crippen LogP contribution in [0.5, 0.6) is 5.75 Å². The Hall–Kier alpha value is -3.68. The predicted molar refractivity (Wildman–Crippen MR) is 319 cm³/mol. The normalized spacial score (nSPS) is 25.2. The van der Waals surface area contributed by atoms with Gasteiger partial charge in [0.1, 0.15) is 55.6 Å². The summed E-state index contributed by atoms with van der Waals surface area (Å²) in [6, 6.07) is 37.0. The molecule has 3 heterocycles. The van der Waals surface area contributed by atoms with Gasteiger partial charge in [0.15, 0.2) is 12.6 Å². The summed E-state index contributed by atoms with van der Waals surface area (Å²) < 4.78 is 69.8. The quantitative estimate of drug-likeness (QED) is 0.0275. The third-order valence-corrected chi connectivity index (χ3v) is 25.8. The van der Waals surface area contributed by atoms with Gasteiger partial charge in [0.05, 0.1) is 39.5 Å². The van der Waals surface area contributed by atoms with Crippen molar-refractivity contribution in [3.05, 3.63) is 126 Å². The Labute approximate surface area is 501 Å². The summed E-state index contributed by atoms with van der Waals surface area (Å²) in [5.74, 6) is -1.24. The standard InChI is InChI=1S/C61H84Cl3NO15Si2/c1-58(2,3)81(44-25-17-12-18-26-44,45-27-19-13-20-28-45)75-38-47-50(67)52(46(35-49(66)74-40-61(62,63)64)55(77-47)71-34-22-14-21-33-65-57(69)73-37-41-23-15-11-16-24-41)79-56-51(68)54(72-36-42-29-31-43(70-10)32-30-42)53-48(78-56)39-76-82(80-53,59(4,5)6)60(7,8)9/h11-13,15-20,23-32,46-48,50-56,67-68H,14,21-22,33-40H2,1-10H3,(H,65,69)/t46-,47-,48-,50-,51-,52-,53+,54-,55-,56-/m1/s1. The van der Waals surface area contributed by atoms with Crippen LogP contribution in [0, 0.1) is 5.92 Å². The first-order valence-electron chi connectivity index (χ1n) is 28.2. The highest BCUT2D eigenvalue weighted by Crippen LogP contribution is 2.55. The molecular weight excluding hydrogens is 1150 g/mol. The molecule has 3 saturated heterocycles. The first-order chi connectivity index (χ1) is 38.8. The van der Waals surface area contributed by atoms with E-state index >= 15 is 0 Å². The van der Waals surface area contributed by atoms with E-state index in [1.165, 1.54) is 0 Å². The molecule has 0 radical (unpaired) electrons. The van der Waals surface area contributed by atoms with Gasteiger partial charge in [-0.1, -0.05) is 200 Å². The van der Waals surface area contributed by atoms with Crippen LogP contribution in [0.15, 0.2) is 115 Å². The lowest BCUT2D eigenvalue weighted by Gasteiger charge is -2.58. The molecule has 0 bridgehead atoms. The number of amides is 1. The molecule has 3 aliphatic rings. The van der Waals surface area contributed by atoms with Crippen molar-refractivity contribution < 1.29 is 71.0 Å². The number of halogens is 3. The fraction of sp³-hybridized carbons (Fsp3) is 0.574. The van der Waals surface area contributed by atoms with Gasteiger partial charge in [-0.05, 0) is 57.9 Å². The second-order valence-corrected chi connectivity index (χ2v) is 35.9. The largest absolute Gasteiger partial charge is 0.497 e. The number of alkyl halides is 3. The van der Waals surface area contributed by atoms with E-state index in [1.54, 1.807) is 7.11 Å². The smallest absolute Gasteiger partial charge is 0.407 e. The highest BCUT2D eigenvalue weighted by atomic mass is 35.6. The number of hydrogen-bond acceptors (Lipinski definition) is 15. The molecule has 452 valence electrons. The lowest BCUT2D eigenvalue weighted by molar-refractivity contribution is -0.359. The number of fused-ring (bicyclic) bond motifs is 1.